The second-order valence-electron chi connectivity index (χ2n) is 6.57. The van der Waals surface area contributed by atoms with Gasteiger partial charge in [0.05, 0.1) is 11.5 Å². The number of aliphatic hydroxyl groups is 4. The Morgan fingerprint density at radius 2 is 1.79 bits per heavy atom. The number of nitro groups is 1. The molecule has 1 fully saturated rings. The lowest BCUT2D eigenvalue weighted by atomic mass is 9.99. The molecule has 29 heavy (non-hydrogen) atoms. The molecule has 10 nitrogen and oxygen atoms in total. The summed E-state index contributed by atoms with van der Waals surface area (Å²) in [5.41, 5.74) is 0.393. The van der Waals surface area contributed by atoms with Gasteiger partial charge in [-0.3, -0.25) is 10.1 Å². The lowest BCUT2D eigenvalue weighted by Crippen LogP contribution is -2.60. The van der Waals surface area contributed by atoms with Crippen molar-refractivity contribution in [1.29, 1.82) is 0 Å². The van der Waals surface area contributed by atoms with Crippen LogP contribution in [0.1, 0.15) is 5.56 Å². The first-order chi connectivity index (χ1) is 13.8. The van der Waals surface area contributed by atoms with Gasteiger partial charge in [-0.1, -0.05) is 12.1 Å². The predicted molar refractivity (Wildman–Crippen MR) is 98.7 cm³/mol. The molecule has 5 unspecified atom stereocenters. The van der Waals surface area contributed by atoms with E-state index in [1.54, 1.807) is 19.1 Å². The number of nitro benzene ring substituents is 1. The van der Waals surface area contributed by atoms with Crippen molar-refractivity contribution in [3.05, 3.63) is 58.1 Å². The summed E-state index contributed by atoms with van der Waals surface area (Å²) in [7, 11) is 0. The highest BCUT2D eigenvalue weighted by Crippen LogP contribution is 2.34. The Morgan fingerprint density at radius 1 is 1.07 bits per heavy atom. The summed E-state index contributed by atoms with van der Waals surface area (Å²) in [4.78, 5) is 10.6. The average Bonchev–Trinajstić information content (AvgIpc) is 2.70. The fourth-order valence-corrected chi connectivity index (χ4v) is 2.93. The Bertz CT molecular complexity index is 873. The summed E-state index contributed by atoms with van der Waals surface area (Å²) in [6, 6.07) is 10.6. The molecule has 2 aromatic rings. The number of ether oxygens (including phenoxy) is 3. The smallest absolute Gasteiger partial charge is 0.311 e. The van der Waals surface area contributed by atoms with E-state index in [0.717, 1.165) is 0 Å². The molecular weight excluding hydrogens is 386 g/mol. The molecule has 0 saturated carbocycles. The third-order valence-corrected chi connectivity index (χ3v) is 4.53. The van der Waals surface area contributed by atoms with Crippen molar-refractivity contribution >= 4 is 5.69 Å². The summed E-state index contributed by atoms with van der Waals surface area (Å²) in [5, 5.41) is 50.1. The molecule has 0 radical (unpaired) electrons. The number of aliphatic hydroxyl groups excluding tert-OH is 4. The molecule has 1 aliphatic heterocycles. The number of aryl methyl sites for hydroxylation is 1. The van der Waals surface area contributed by atoms with E-state index in [2.05, 4.69) is 0 Å². The van der Waals surface area contributed by atoms with Crippen molar-refractivity contribution in [3.8, 4) is 17.2 Å². The number of benzene rings is 2. The summed E-state index contributed by atoms with van der Waals surface area (Å²) in [6.07, 6.45) is -6.96. The zero-order valence-electron chi connectivity index (χ0n) is 15.4. The van der Waals surface area contributed by atoms with E-state index in [-0.39, 0.29) is 11.4 Å². The van der Waals surface area contributed by atoms with E-state index in [1.807, 2.05) is 0 Å². The van der Waals surface area contributed by atoms with Gasteiger partial charge in [0.1, 0.15) is 35.9 Å². The summed E-state index contributed by atoms with van der Waals surface area (Å²) >= 11 is 0. The topological polar surface area (TPSA) is 152 Å². The monoisotopic (exact) mass is 407 g/mol. The molecule has 2 aromatic carbocycles. The molecule has 0 spiro atoms. The van der Waals surface area contributed by atoms with Gasteiger partial charge in [0.15, 0.2) is 0 Å². The Morgan fingerprint density at radius 3 is 2.45 bits per heavy atom. The zero-order valence-corrected chi connectivity index (χ0v) is 15.4. The molecule has 10 heteroatoms. The van der Waals surface area contributed by atoms with E-state index in [1.165, 1.54) is 30.3 Å². The van der Waals surface area contributed by atoms with Gasteiger partial charge in [0, 0.05) is 6.07 Å². The van der Waals surface area contributed by atoms with Crippen LogP contribution in [0.25, 0.3) is 0 Å². The molecule has 4 N–H and O–H groups in total. The van der Waals surface area contributed by atoms with Crippen molar-refractivity contribution in [2.45, 2.75) is 37.6 Å². The first kappa shape index (κ1) is 21.0. The number of nitrogens with zero attached hydrogens (tertiary/aromatic N) is 1. The van der Waals surface area contributed by atoms with Crippen LogP contribution in [0.15, 0.2) is 42.5 Å². The molecule has 0 aliphatic carbocycles. The van der Waals surface area contributed by atoms with Gasteiger partial charge in [-0.05, 0) is 36.8 Å². The van der Waals surface area contributed by atoms with Crippen molar-refractivity contribution < 1.29 is 39.6 Å². The Kier molecular flexibility index (Phi) is 6.30. The van der Waals surface area contributed by atoms with Gasteiger partial charge in [-0.25, -0.2) is 0 Å². The third-order valence-electron chi connectivity index (χ3n) is 4.53. The minimum Gasteiger partial charge on any atom is -0.462 e. The van der Waals surface area contributed by atoms with E-state index in [0.29, 0.717) is 17.1 Å². The second-order valence-corrected chi connectivity index (χ2v) is 6.57. The van der Waals surface area contributed by atoms with Crippen LogP contribution in [0, 0.1) is 17.0 Å². The van der Waals surface area contributed by atoms with Gasteiger partial charge in [-0.15, -0.1) is 0 Å². The maximum Gasteiger partial charge on any atom is 0.311 e. The first-order valence-electron chi connectivity index (χ1n) is 8.81. The fourth-order valence-electron chi connectivity index (χ4n) is 2.93. The van der Waals surface area contributed by atoms with Crippen LogP contribution in [-0.4, -0.2) is 62.7 Å². The van der Waals surface area contributed by atoms with Crippen LogP contribution in [-0.2, 0) is 4.74 Å². The quantitative estimate of drug-likeness (QED) is 0.404. The molecule has 0 bridgehead atoms. The molecule has 156 valence electrons. The van der Waals surface area contributed by atoms with Crippen LogP contribution in [0.2, 0.25) is 0 Å². The van der Waals surface area contributed by atoms with Gasteiger partial charge >= 0.3 is 5.69 Å². The van der Waals surface area contributed by atoms with E-state index in [4.69, 9.17) is 14.2 Å². The van der Waals surface area contributed by atoms with Crippen LogP contribution < -0.4 is 9.47 Å². The highest BCUT2D eigenvalue weighted by Gasteiger charge is 2.44. The SMILES string of the molecule is Cc1cc(Oc2ccccc2[N+](=O)[O-])ccc1OC1OC(CO)C(O)C(O)C1O. The maximum absolute atomic E-state index is 11.1. The number of hydrogen-bond acceptors (Lipinski definition) is 9. The van der Waals surface area contributed by atoms with Crippen LogP contribution in [0.3, 0.4) is 0 Å². The molecular formula is C19H21NO9. The van der Waals surface area contributed by atoms with Gasteiger partial charge in [0.25, 0.3) is 0 Å². The highest BCUT2D eigenvalue weighted by atomic mass is 16.7. The van der Waals surface area contributed by atoms with Crippen molar-refractivity contribution in [2.24, 2.45) is 0 Å². The molecule has 5 atom stereocenters. The Hall–Kier alpha value is -2.76. The predicted octanol–water partition coefficient (Wildman–Crippen LogP) is 0.874. The summed E-state index contributed by atoms with van der Waals surface area (Å²) in [6.45, 7) is 1.12. The minimum atomic E-state index is -1.55. The number of hydrogen-bond donors (Lipinski definition) is 4. The van der Waals surface area contributed by atoms with Gasteiger partial charge in [0.2, 0.25) is 12.0 Å². The Labute approximate surface area is 165 Å². The average molecular weight is 407 g/mol. The van der Waals surface area contributed by atoms with Crippen LogP contribution in [0.4, 0.5) is 5.69 Å². The first-order valence-corrected chi connectivity index (χ1v) is 8.81. The number of rotatable bonds is 6. The molecule has 0 amide bonds. The van der Waals surface area contributed by atoms with E-state index in [9.17, 15) is 30.5 Å². The summed E-state index contributed by atoms with van der Waals surface area (Å²) in [5.74, 6) is 0.710. The summed E-state index contributed by atoms with van der Waals surface area (Å²) < 4.78 is 16.5. The highest BCUT2D eigenvalue weighted by molar-refractivity contribution is 5.49. The van der Waals surface area contributed by atoms with E-state index >= 15 is 0 Å². The number of para-hydroxylation sites is 2. The molecule has 0 aromatic heterocycles. The van der Waals surface area contributed by atoms with Crippen LogP contribution >= 0.6 is 0 Å². The normalized spacial score (nSPS) is 26.7. The molecule has 3 rings (SSSR count). The zero-order chi connectivity index (χ0) is 21.1. The van der Waals surface area contributed by atoms with E-state index < -0.39 is 42.2 Å². The third kappa shape index (κ3) is 4.47. The van der Waals surface area contributed by atoms with Crippen molar-refractivity contribution in [1.82, 2.24) is 0 Å². The van der Waals surface area contributed by atoms with Crippen molar-refractivity contribution in [2.75, 3.05) is 6.61 Å². The van der Waals surface area contributed by atoms with Gasteiger partial charge < -0.3 is 34.6 Å². The van der Waals surface area contributed by atoms with Crippen LogP contribution in [0.5, 0.6) is 17.2 Å². The standard InChI is InChI=1S/C19H21NO9/c1-10-8-11(27-14-5-3-2-4-12(14)20(25)26)6-7-13(10)28-19-18(24)17(23)16(22)15(9-21)29-19/h2-8,15-19,21-24H,9H2,1H3. The molecule has 1 heterocycles. The fraction of sp³-hybridized carbons (Fsp3) is 0.368. The largest absolute Gasteiger partial charge is 0.462 e. The Balaban J connectivity index is 1.76. The maximum atomic E-state index is 11.1. The second kappa shape index (κ2) is 8.72. The minimum absolute atomic E-state index is 0.0829. The lowest BCUT2D eigenvalue weighted by Gasteiger charge is -2.39. The van der Waals surface area contributed by atoms with Crippen molar-refractivity contribution in [3.63, 3.8) is 0 Å². The molecule has 1 aliphatic rings. The lowest BCUT2D eigenvalue weighted by molar-refractivity contribution is -0.385. The van der Waals surface area contributed by atoms with Gasteiger partial charge in [-0.2, -0.15) is 0 Å². The molecule has 1 saturated heterocycles.